The Hall–Kier alpha value is -1.17. The van der Waals surface area contributed by atoms with Crippen LogP contribution >= 0.6 is 12.4 Å². The predicted octanol–water partition coefficient (Wildman–Crippen LogP) is 3.05. The number of nitrogens with one attached hydrogen (secondary N) is 1. The largest absolute Gasteiger partial charge is 0.387 e. The van der Waals surface area contributed by atoms with Crippen LogP contribution in [0.25, 0.3) is 0 Å². The number of likely N-dealkylation sites (tertiary alicyclic amines) is 1. The van der Waals surface area contributed by atoms with Gasteiger partial charge in [0.1, 0.15) is 5.82 Å². The first-order valence-electron chi connectivity index (χ1n) is 8.98. The molecule has 2 fully saturated rings. The van der Waals surface area contributed by atoms with E-state index in [4.69, 9.17) is 0 Å². The summed E-state index contributed by atoms with van der Waals surface area (Å²) in [4.78, 5) is 13.3. The molecule has 25 heavy (non-hydrogen) atoms. The van der Waals surface area contributed by atoms with Crippen molar-refractivity contribution in [3.05, 3.63) is 35.6 Å². The SMILES string of the molecule is CC(=O)N1CCC(C[C@@H]2CC[C@H]([C@H](O)c3cccc(F)c3)N2)CC1.Cl. The molecule has 2 heterocycles. The first-order chi connectivity index (χ1) is 11.5. The van der Waals surface area contributed by atoms with E-state index >= 15 is 0 Å². The second-order valence-corrected chi connectivity index (χ2v) is 7.23. The number of carbonyl (C=O) groups excluding carboxylic acids is 1. The van der Waals surface area contributed by atoms with Gasteiger partial charge >= 0.3 is 0 Å². The minimum absolute atomic E-state index is 0. The van der Waals surface area contributed by atoms with Gasteiger partial charge in [-0.3, -0.25) is 4.79 Å². The molecule has 6 heteroatoms. The van der Waals surface area contributed by atoms with Crippen LogP contribution in [-0.2, 0) is 4.79 Å². The topological polar surface area (TPSA) is 52.6 Å². The smallest absolute Gasteiger partial charge is 0.219 e. The Bertz CT molecular complexity index is 578. The summed E-state index contributed by atoms with van der Waals surface area (Å²) in [6, 6.07) is 6.64. The molecule has 0 radical (unpaired) electrons. The normalized spacial score (nSPS) is 25.5. The molecule has 1 amide bonds. The fourth-order valence-corrected chi connectivity index (χ4v) is 4.09. The molecule has 0 saturated carbocycles. The van der Waals surface area contributed by atoms with Crippen LogP contribution in [0.3, 0.4) is 0 Å². The van der Waals surface area contributed by atoms with Gasteiger partial charge in [-0.15, -0.1) is 12.4 Å². The fourth-order valence-electron chi connectivity index (χ4n) is 4.09. The van der Waals surface area contributed by atoms with Crippen molar-refractivity contribution >= 4 is 18.3 Å². The third-order valence-electron chi connectivity index (χ3n) is 5.52. The van der Waals surface area contributed by atoms with Crippen molar-refractivity contribution in [2.75, 3.05) is 13.1 Å². The van der Waals surface area contributed by atoms with E-state index in [1.54, 1.807) is 19.1 Å². The van der Waals surface area contributed by atoms with Gasteiger partial charge in [-0.1, -0.05) is 12.1 Å². The second-order valence-electron chi connectivity index (χ2n) is 7.23. The van der Waals surface area contributed by atoms with Gasteiger partial charge in [0.25, 0.3) is 0 Å². The van der Waals surface area contributed by atoms with Crippen LogP contribution < -0.4 is 5.32 Å². The molecule has 2 aliphatic heterocycles. The van der Waals surface area contributed by atoms with Crippen molar-refractivity contribution in [2.45, 2.75) is 57.2 Å². The molecular weight excluding hydrogens is 343 g/mol. The van der Waals surface area contributed by atoms with Crippen molar-refractivity contribution in [1.29, 1.82) is 0 Å². The van der Waals surface area contributed by atoms with Gasteiger partial charge in [0.15, 0.2) is 0 Å². The van der Waals surface area contributed by atoms with Crippen LogP contribution in [0.2, 0.25) is 0 Å². The Labute approximate surface area is 155 Å². The van der Waals surface area contributed by atoms with Crippen molar-refractivity contribution in [3.63, 3.8) is 0 Å². The zero-order valence-electron chi connectivity index (χ0n) is 14.7. The molecule has 2 N–H and O–H groups in total. The molecule has 2 saturated heterocycles. The maximum Gasteiger partial charge on any atom is 0.219 e. The Morgan fingerprint density at radius 3 is 2.68 bits per heavy atom. The van der Waals surface area contributed by atoms with Gasteiger partial charge in [0.05, 0.1) is 6.10 Å². The van der Waals surface area contributed by atoms with E-state index in [-0.39, 0.29) is 30.2 Å². The van der Waals surface area contributed by atoms with Crippen molar-refractivity contribution in [2.24, 2.45) is 5.92 Å². The first-order valence-corrected chi connectivity index (χ1v) is 8.98. The molecule has 2 aliphatic rings. The van der Waals surface area contributed by atoms with Gasteiger partial charge in [-0.25, -0.2) is 4.39 Å². The van der Waals surface area contributed by atoms with Crippen LogP contribution in [-0.4, -0.2) is 41.1 Å². The quantitative estimate of drug-likeness (QED) is 0.856. The van der Waals surface area contributed by atoms with Crippen molar-refractivity contribution < 1.29 is 14.3 Å². The molecule has 4 nitrogen and oxygen atoms in total. The number of amides is 1. The number of hydrogen-bond acceptors (Lipinski definition) is 3. The molecule has 3 atom stereocenters. The highest BCUT2D eigenvalue weighted by Gasteiger charge is 2.32. The third kappa shape index (κ3) is 5.16. The maximum atomic E-state index is 13.3. The van der Waals surface area contributed by atoms with E-state index in [1.807, 2.05) is 4.90 Å². The summed E-state index contributed by atoms with van der Waals surface area (Å²) in [7, 11) is 0. The number of aliphatic hydroxyl groups excluding tert-OH is 1. The third-order valence-corrected chi connectivity index (χ3v) is 5.52. The number of nitrogens with zero attached hydrogens (tertiary/aromatic N) is 1. The van der Waals surface area contributed by atoms with Gasteiger partial charge in [0, 0.05) is 32.1 Å². The minimum Gasteiger partial charge on any atom is -0.387 e. The van der Waals surface area contributed by atoms with E-state index in [2.05, 4.69) is 5.32 Å². The van der Waals surface area contributed by atoms with Gasteiger partial charge in [0.2, 0.25) is 5.91 Å². The van der Waals surface area contributed by atoms with Crippen LogP contribution in [0.4, 0.5) is 4.39 Å². The van der Waals surface area contributed by atoms with E-state index in [9.17, 15) is 14.3 Å². The first kappa shape index (κ1) is 20.1. The zero-order valence-corrected chi connectivity index (χ0v) is 15.5. The Morgan fingerprint density at radius 1 is 1.32 bits per heavy atom. The second kappa shape index (κ2) is 8.97. The van der Waals surface area contributed by atoms with Gasteiger partial charge in [-0.2, -0.15) is 0 Å². The Balaban J connectivity index is 0.00000225. The highest BCUT2D eigenvalue weighted by molar-refractivity contribution is 5.85. The monoisotopic (exact) mass is 370 g/mol. The summed E-state index contributed by atoms with van der Waals surface area (Å²) in [5.74, 6) is 0.507. The van der Waals surface area contributed by atoms with Crippen molar-refractivity contribution in [3.8, 4) is 0 Å². The number of hydrogen-bond donors (Lipinski definition) is 2. The fraction of sp³-hybridized carbons (Fsp3) is 0.632. The molecule has 0 spiro atoms. The number of benzene rings is 1. The number of rotatable bonds is 4. The predicted molar refractivity (Wildman–Crippen MR) is 98.1 cm³/mol. The lowest BCUT2D eigenvalue weighted by atomic mass is 9.90. The van der Waals surface area contributed by atoms with E-state index < -0.39 is 6.10 Å². The zero-order chi connectivity index (χ0) is 17.1. The summed E-state index contributed by atoms with van der Waals surface area (Å²) < 4.78 is 13.3. The van der Waals surface area contributed by atoms with E-state index in [0.29, 0.717) is 17.5 Å². The maximum absolute atomic E-state index is 13.3. The highest BCUT2D eigenvalue weighted by Crippen LogP contribution is 2.30. The molecule has 0 unspecified atom stereocenters. The van der Waals surface area contributed by atoms with Crippen molar-refractivity contribution in [1.82, 2.24) is 10.2 Å². The van der Waals surface area contributed by atoms with Crippen LogP contribution in [0.5, 0.6) is 0 Å². The molecule has 0 aromatic heterocycles. The molecule has 0 bridgehead atoms. The van der Waals surface area contributed by atoms with Crippen LogP contribution in [0, 0.1) is 11.7 Å². The number of carbonyl (C=O) groups is 1. The lowest BCUT2D eigenvalue weighted by Crippen LogP contribution is -2.39. The summed E-state index contributed by atoms with van der Waals surface area (Å²) in [5.41, 5.74) is 0.642. The molecule has 1 aromatic carbocycles. The van der Waals surface area contributed by atoms with Crippen LogP contribution in [0.1, 0.15) is 50.7 Å². The average Bonchev–Trinajstić information content (AvgIpc) is 3.03. The van der Waals surface area contributed by atoms with E-state index in [0.717, 1.165) is 45.2 Å². The molecule has 1 aromatic rings. The Morgan fingerprint density at radius 2 is 2.04 bits per heavy atom. The Kier molecular flexibility index (Phi) is 7.23. The van der Waals surface area contributed by atoms with Crippen LogP contribution in [0.15, 0.2) is 24.3 Å². The van der Waals surface area contributed by atoms with Gasteiger partial charge in [-0.05, 0) is 55.7 Å². The number of aliphatic hydroxyl groups is 1. The summed E-state index contributed by atoms with van der Waals surface area (Å²) in [5, 5.41) is 14.0. The summed E-state index contributed by atoms with van der Waals surface area (Å²) in [6.07, 6.45) is 4.52. The lowest BCUT2D eigenvalue weighted by Gasteiger charge is -2.32. The molecule has 3 rings (SSSR count). The summed E-state index contributed by atoms with van der Waals surface area (Å²) >= 11 is 0. The number of piperidine rings is 1. The molecule has 140 valence electrons. The number of halogens is 2. The highest BCUT2D eigenvalue weighted by atomic mass is 35.5. The molecular formula is C19H28ClFN2O2. The van der Waals surface area contributed by atoms with E-state index in [1.165, 1.54) is 12.1 Å². The minimum atomic E-state index is -0.662. The molecule has 0 aliphatic carbocycles. The lowest BCUT2D eigenvalue weighted by molar-refractivity contribution is -0.130. The average molecular weight is 371 g/mol. The van der Waals surface area contributed by atoms with Gasteiger partial charge < -0.3 is 15.3 Å². The standard InChI is InChI=1S/C19H27FN2O2.ClH/c1-13(23)22-9-7-14(8-10-22)11-17-5-6-18(21-17)19(24)15-3-2-4-16(20)12-15;/h2-4,12,14,17-19,21,24H,5-11H2,1H3;1H/t17-,18+,19+;/m0./s1. The summed E-state index contributed by atoms with van der Waals surface area (Å²) in [6.45, 7) is 3.36.